The van der Waals surface area contributed by atoms with E-state index in [-0.39, 0.29) is 18.4 Å². The van der Waals surface area contributed by atoms with Crippen molar-refractivity contribution in [1.82, 2.24) is 10.2 Å². The molecule has 144 valence electrons. The molecular formula is C21H26ClN3O2. The van der Waals surface area contributed by atoms with Crippen molar-refractivity contribution in [2.75, 3.05) is 25.0 Å². The second-order valence-corrected chi connectivity index (χ2v) is 6.69. The molecule has 0 radical (unpaired) electrons. The van der Waals surface area contributed by atoms with Crippen molar-refractivity contribution >= 4 is 29.1 Å². The lowest BCUT2D eigenvalue weighted by Gasteiger charge is -2.29. The average molecular weight is 388 g/mol. The molecule has 0 saturated heterocycles. The van der Waals surface area contributed by atoms with Crippen LogP contribution in [0, 0.1) is 6.92 Å². The van der Waals surface area contributed by atoms with Crippen LogP contribution in [0.3, 0.4) is 0 Å². The van der Waals surface area contributed by atoms with E-state index in [1.807, 2.05) is 68.1 Å². The second-order valence-electron chi connectivity index (χ2n) is 6.28. The molecule has 0 spiro atoms. The number of hydrogen-bond donors (Lipinski definition) is 2. The third kappa shape index (κ3) is 5.81. The van der Waals surface area contributed by atoms with Crippen LogP contribution < -0.4 is 10.6 Å². The summed E-state index contributed by atoms with van der Waals surface area (Å²) in [5.41, 5.74) is 2.41. The highest BCUT2D eigenvalue weighted by molar-refractivity contribution is 6.31. The van der Waals surface area contributed by atoms with Gasteiger partial charge in [0, 0.05) is 17.3 Å². The smallest absolute Gasteiger partial charge is 0.246 e. The van der Waals surface area contributed by atoms with E-state index in [0.717, 1.165) is 11.1 Å². The minimum Gasteiger partial charge on any atom is -0.355 e. The third-order valence-corrected chi connectivity index (χ3v) is 4.70. The number of halogens is 1. The zero-order chi connectivity index (χ0) is 19.8. The molecule has 27 heavy (non-hydrogen) atoms. The monoisotopic (exact) mass is 387 g/mol. The summed E-state index contributed by atoms with van der Waals surface area (Å²) >= 11 is 6.17. The van der Waals surface area contributed by atoms with Crippen molar-refractivity contribution in [3.63, 3.8) is 0 Å². The Morgan fingerprint density at radius 2 is 1.81 bits per heavy atom. The first-order valence-electron chi connectivity index (χ1n) is 9.09. The predicted molar refractivity (Wildman–Crippen MR) is 110 cm³/mol. The Morgan fingerprint density at radius 1 is 1.11 bits per heavy atom. The van der Waals surface area contributed by atoms with E-state index < -0.39 is 6.04 Å². The lowest BCUT2D eigenvalue weighted by Crippen LogP contribution is -2.43. The molecule has 0 aliphatic heterocycles. The van der Waals surface area contributed by atoms with Crippen LogP contribution in [-0.4, -0.2) is 36.3 Å². The maximum atomic E-state index is 13.1. The predicted octanol–water partition coefficient (Wildman–Crippen LogP) is 3.79. The fraction of sp³-hybridized carbons (Fsp3) is 0.333. The summed E-state index contributed by atoms with van der Waals surface area (Å²) in [6, 6.07) is 14.3. The van der Waals surface area contributed by atoms with Gasteiger partial charge >= 0.3 is 0 Å². The maximum absolute atomic E-state index is 13.1. The highest BCUT2D eigenvalue weighted by Gasteiger charge is 2.28. The first kappa shape index (κ1) is 20.9. The molecule has 1 atom stereocenters. The van der Waals surface area contributed by atoms with Gasteiger partial charge < -0.3 is 10.6 Å². The molecule has 0 bridgehead atoms. The van der Waals surface area contributed by atoms with Gasteiger partial charge in [-0.1, -0.05) is 54.9 Å². The fourth-order valence-corrected chi connectivity index (χ4v) is 3.05. The first-order chi connectivity index (χ1) is 13.0. The summed E-state index contributed by atoms with van der Waals surface area (Å²) in [5, 5.41) is 6.32. The molecule has 0 unspecified atom stereocenters. The Labute approximate surface area is 165 Å². The molecule has 0 saturated carbocycles. The van der Waals surface area contributed by atoms with Gasteiger partial charge in [-0.2, -0.15) is 0 Å². The number of carbonyl (C=O) groups excluding carboxylic acids is 2. The highest BCUT2D eigenvalue weighted by atomic mass is 35.5. The van der Waals surface area contributed by atoms with Crippen LogP contribution >= 0.6 is 11.6 Å². The van der Waals surface area contributed by atoms with E-state index >= 15 is 0 Å². The molecule has 0 aliphatic carbocycles. The van der Waals surface area contributed by atoms with Gasteiger partial charge in [0.2, 0.25) is 11.8 Å². The number of aryl methyl sites for hydroxylation is 1. The van der Waals surface area contributed by atoms with Crippen LogP contribution in [0.25, 0.3) is 0 Å². The molecule has 2 aromatic carbocycles. The van der Waals surface area contributed by atoms with Gasteiger partial charge in [0.05, 0.1) is 6.54 Å². The average Bonchev–Trinajstić information content (AvgIpc) is 2.65. The maximum Gasteiger partial charge on any atom is 0.246 e. The molecule has 2 amide bonds. The van der Waals surface area contributed by atoms with Crippen molar-refractivity contribution in [3.05, 3.63) is 64.7 Å². The topological polar surface area (TPSA) is 61.4 Å². The molecule has 0 heterocycles. The van der Waals surface area contributed by atoms with Crippen molar-refractivity contribution < 1.29 is 9.59 Å². The van der Waals surface area contributed by atoms with Gasteiger partial charge in [0.15, 0.2) is 0 Å². The Morgan fingerprint density at radius 3 is 2.41 bits per heavy atom. The van der Waals surface area contributed by atoms with Crippen LogP contribution in [0.5, 0.6) is 0 Å². The van der Waals surface area contributed by atoms with Crippen LogP contribution in [0.4, 0.5) is 5.69 Å². The minimum absolute atomic E-state index is 0.105. The molecule has 0 aromatic heterocycles. The van der Waals surface area contributed by atoms with Gasteiger partial charge in [0.25, 0.3) is 0 Å². The number of amides is 2. The molecule has 2 rings (SSSR count). The number of nitrogens with zero attached hydrogens (tertiary/aromatic N) is 1. The fourth-order valence-electron chi connectivity index (χ4n) is 2.87. The molecular weight excluding hydrogens is 362 g/mol. The molecule has 0 aliphatic rings. The minimum atomic E-state index is -0.584. The normalized spacial score (nSPS) is 11.9. The summed E-state index contributed by atoms with van der Waals surface area (Å²) in [7, 11) is 0. The number of carbonyl (C=O) groups is 2. The Bertz CT molecular complexity index is 780. The summed E-state index contributed by atoms with van der Waals surface area (Å²) in [6.45, 7) is 6.97. The highest BCUT2D eigenvalue weighted by Crippen LogP contribution is 2.25. The van der Waals surface area contributed by atoms with Gasteiger partial charge in [0.1, 0.15) is 6.04 Å². The molecule has 2 aromatic rings. The summed E-state index contributed by atoms with van der Waals surface area (Å²) < 4.78 is 0. The zero-order valence-corrected chi connectivity index (χ0v) is 16.7. The largest absolute Gasteiger partial charge is 0.355 e. The Hall–Kier alpha value is -2.37. The number of anilines is 1. The van der Waals surface area contributed by atoms with Crippen molar-refractivity contribution in [2.45, 2.75) is 26.8 Å². The number of likely N-dealkylation sites (N-methyl/N-ethyl adjacent to an activating group) is 2. The van der Waals surface area contributed by atoms with Crippen molar-refractivity contribution in [1.29, 1.82) is 0 Å². The van der Waals surface area contributed by atoms with Gasteiger partial charge in [-0.15, -0.1) is 0 Å². The number of rotatable bonds is 8. The Kier molecular flexibility index (Phi) is 7.82. The van der Waals surface area contributed by atoms with Crippen molar-refractivity contribution in [3.8, 4) is 0 Å². The van der Waals surface area contributed by atoms with E-state index in [0.29, 0.717) is 23.8 Å². The number of hydrogen-bond acceptors (Lipinski definition) is 3. The van der Waals surface area contributed by atoms with E-state index in [4.69, 9.17) is 11.6 Å². The van der Waals surface area contributed by atoms with Crippen LogP contribution in [-0.2, 0) is 9.59 Å². The van der Waals surface area contributed by atoms with Gasteiger partial charge in [-0.3, -0.25) is 14.5 Å². The lowest BCUT2D eigenvalue weighted by molar-refractivity contribution is -0.126. The zero-order valence-electron chi connectivity index (χ0n) is 16.0. The number of benzene rings is 2. The van der Waals surface area contributed by atoms with Crippen LogP contribution in [0.2, 0.25) is 5.02 Å². The SMILES string of the molecule is CCNC(=O)CN(CC)[C@H](C(=O)Nc1ccc(C)c(Cl)c1)c1ccccc1. The summed E-state index contributed by atoms with van der Waals surface area (Å²) in [6.07, 6.45) is 0. The standard InChI is InChI=1S/C21H26ClN3O2/c1-4-23-19(26)14-25(5-2)20(16-9-7-6-8-10-16)21(27)24-17-12-11-15(3)18(22)13-17/h6-13,20H,4-5,14H2,1-3H3,(H,23,26)(H,24,27)/t20-/m0/s1. The summed E-state index contributed by atoms with van der Waals surface area (Å²) in [4.78, 5) is 27.1. The first-order valence-corrected chi connectivity index (χ1v) is 9.46. The lowest BCUT2D eigenvalue weighted by atomic mass is 10.0. The van der Waals surface area contributed by atoms with Crippen molar-refractivity contribution in [2.24, 2.45) is 0 Å². The van der Waals surface area contributed by atoms with E-state index in [1.54, 1.807) is 6.07 Å². The van der Waals surface area contributed by atoms with Gasteiger partial charge in [-0.25, -0.2) is 0 Å². The van der Waals surface area contributed by atoms with Crippen LogP contribution in [0.15, 0.2) is 48.5 Å². The van der Waals surface area contributed by atoms with E-state index in [9.17, 15) is 9.59 Å². The summed E-state index contributed by atoms with van der Waals surface area (Å²) in [5.74, 6) is -0.307. The molecule has 2 N–H and O–H groups in total. The molecule has 5 nitrogen and oxygen atoms in total. The quantitative estimate of drug-likeness (QED) is 0.724. The van der Waals surface area contributed by atoms with E-state index in [2.05, 4.69) is 10.6 Å². The van der Waals surface area contributed by atoms with E-state index in [1.165, 1.54) is 0 Å². The van der Waals surface area contributed by atoms with Gasteiger partial charge in [-0.05, 0) is 43.7 Å². The molecule has 6 heteroatoms. The second kappa shape index (κ2) is 10.1. The number of nitrogens with one attached hydrogen (secondary N) is 2. The third-order valence-electron chi connectivity index (χ3n) is 4.30. The molecule has 0 fully saturated rings. The van der Waals surface area contributed by atoms with Crippen LogP contribution in [0.1, 0.15) is 31.0 Å². The Balaban J connectivity index is 2.29.